The van der Waals surface area contributed by atoms with Crippen LogP contribution in [-0.4, -0.2) is 6.61 Å². The number of halogens is 2. The molecule has 0 aliphatic heterocycles. The van der Waals surface area contributed by atoms with Gasteiger partial charge in [-0.3, -0.25) is 11.3 Å². The van der Waals surface area contributed by atoms with Crippen molar-refractivity contribution in [1.82, 2.24) is 5.43 Å². The fourth-order valence-electron chi connectivity index (χ4n) is 1.98. The van der Waals surface area contributed by atoms with Crippen LogP contribution in [0.5, 0.6) is 5.75 Å². The first-order valence-corrected chi connectivity index (χ1v) is 6.53. The fourth-order valence-corrected chi connectivity index (χ4v) is 1.98. The van der Waals surface area contributed by atoms with E-state index in [9.17, 15) is 8.78 Å². The lowest BCUT2D eigenvalue weighted by Crippen LogP contribution is -2.28. The Kier molecular flexibility index (Phi) is 6.73. The molecule has 0 aliphatic rings. The van der Waals surface area contributed by atoms with Crippen molar-refractivity contribution >= 4 is 0 Å². The average molecular weight is 272 g/mol. The number of ether oxygens (including phenoxy) is 1. The number of nitrogens with two attached hydrogens (primary N) is 1. The molecular weight excluding hydrogens is 250 g/mol. The van der Waals surface area contributed by atoms with Gasteiger partial charge in [0, 0.05) is 6.04 Å². The summed E-state index contributed by atoms with van der Waals surface area (Å²) in [6.45, 7) is 1.53. The van der Waals surface area contributed by atoms with Crippen LogP contribution >= 0.6 is 0 Å². The van der Waals surface area contributed by atoms with E-state index in [4.69, 9.17) is 5.84 Å². The van der Waals surface area contributed by atoms with Gasteiger partial charge in [0.05, 0.1) is 0 Å². The van der Waals surface area contributed by atoms with Gasteiger partial charge >= 0.3 is 6.61 Å². The second kappa shape index (κ2) is 8.07. The highest BCUT2D eigenvalue weighted by molar-refractivity contribution is 5.30. The molecule has 0 aromatic heterocycles. The van der Waals surface area contributed by atoms with Crippen molar-refractivity contribution in [3.05, 3.63) is 29.8 Å². The molecule has 1 unspecified atom stereocenters. The van der Waals surface area contributed by atoms with Gasteiger partial charge in [-0.1, -0.05) is 38.8 Å². The van der Waals surface area contributed by atoms with Crippen LogP contribution in [0.15, 0.2) is 24.3 Å². The summed E-state index contributed by atoms with van der Waals surface area (Å²) in [5.41, 5.74) is 3.59. The molecule has 0 radical (unpaired) electrons. The highest BCUT2D eigenvalue weighted by Crippen LogP contribution is 2.24. The third-order valence-corrected chi connectivity index (χ3v) is 2.96. The monoisotopic (exact) mass is 272 g/mol. The summed E-state index contributed by atoms with van der Waals surface area (Å²) in [6, 6.07) is 6.63. The number of hydrazine groups is 1. The maximum Gasteiger partial charge on any atom is 0.387 e. The van der Waals surface area contributed by atoms with Gasteiger partial charge in [0.25, 0.3) is 0 Å². The minimum Gasteiger partial charge on any atom is -0.435 e. The second-order valence-corrected chi connectivity index (χ2v) is 4.99. The van der Waals surface area contributed by atoms with Crippen LogP contribution in [0.2, 0.25) is 0 Å². The Hall–Kier alpha value is -1.20. The summed E-state index contributed by atoms with van der Waals surface area (Å²) in [4.78, 5) is 0. The lowest BCUT2D eigenvalue weighted by atomic mass is 9.98. The first-order valence-electron chi connectivity index (χ1n) is 6.53. The number of alkyl halides is 2. The largest absolute Gasteiger partial charge is 0.435 e. The minimum absolute atomic E-state index is 0.0417. The predicted molar refractivity (Wildman–Crippen MR) is 71.8 cm³/mol. The van der Waals surface area contributed by atoms with E-state index in [0.717, 1.165) is 24.8 Å². The zero-order chi connectivity index (χ0) is 14.3. The normalized spacial score (nSPS) is 13.0. The molecular formula is C14H22F2N2O. The van der Waals surface area contributed by atoms with Gasteiger partial charge in [-0.05, 0) is 30.0 Å². The number of rotatable bonds is 8. The van der Waals surface area contributed by atoms with E-state index in [1.54, 1.807) is 12.1 Å². The highest BCUT2D eigenvalue weighted by Gasteiger charge is 2.12. The standard InChI is InChI=1S/C14H22F2N2O/c1-10(2)5-3-8-13(18-17)11-6-4-7-12(9-11)19-14(15)16/h4,6-7,9-10,13-14,18H,3,5,8,17H2,1-2H3. The molecule has 0 aliphatic carbocycles. The van der Waals surface area contributed by atoms with E-state index in [-0.39, 0.29) is 11.8 Å². The highest BCUT2D eigenvalue weighted by atomic mass is 19.3. The molecule has 0 amide bonds. The molecule has 0 saturated carbocycles. The topological polar surface area (TPSA) is 47.3 Å². The van der Waals surface area contributed by atoms with E-state index in [0.29, 0.717) is 5.92 Å². The molecule has 5 heteroatoms. The number of benzene rings is 1. The van der Waals surface area contributed by atoms with Gasteiger partial charge < -0.3 is 4.74 Å². The van der Waals surface area contributed by atoms with Gasteiger partial charge in [0.1, 0.15) is 5.75 Å². The van der Waals surface area contributed by atoms with E-state index in [2.05, 4.69) is 24.0 Å². The molecule has 108 valence electrons. The van der Waals surface area contributed by atoms with Crippen molar-refractivity contribution in [2.24, 2.45) is 11.8 Å². The molecule has 3 N–H and O–H groups in total. The van der Waals surface area contributed by atoms with Crippen molar-refractivity contribution in [3.63, 3.8) is 0 Å². The summed E-state index contributed by atoms with van der Waals surface area (Å²) in [5.74, 6) is 6.34. The molecule has 0 heterocycles. The summed E-state index contributed by atoms with van der Waals surface area (Å²) in [6.07, 6.45) is 3.02. The average Bonchev–Trinajstić information content (AvgIpc) is 2.34. The van der Waals surface area contributed by atoms with Crippen LogP contribution in [0.4, 0.5) is 8.78 Å². The molecule has 0 fully saturated rings. The molecule has 1 atom stereocenters. The lowest BCUT2D eigenvalue weighted by Gasteiger charge is -2.17. The maximum absolute atomic E-state index is 12.2. The summed E-state index contributed by atoms with van der Waals surface area (Å²) >= 11 is 0. The molecule has 0 bridgehead atoms. The van der Waals surface area contributed by atoms with Crippen LogP contribution in [0.25, 0.3) is 0 Å². The summed E-state index contributed by atoms with van der Waals surface area (Å²) in [7, 11) is 0. The molecule has 1 aromatic rings. The van der Waals surface area contributed by atoms with E-state index in [1.807, 2.05) is 6.07 Å². The van der Waals surface area contributed by atoms with Crippen molar-refractivity contribution in [2.75, 3.05) is 0 Å². The Bertz CT molecular complexity index is 372. The third-order valence-electron chi connectivity index (χ3n) is 2.96. The number of hydrogen-bond acceptors (Lipinski definition) is 3. The maximum atomic E-state index is 12.2. The van der Waals surface area contributed by atoms with Crippen LogP contribution in [-0.2, 0) is 0 Å². The van der Waals surface area contributed by atoms with Crippen LogP contribution in [0.3, 0.4) is 0 Å². The Balaban J connectivity index is 2.64. The molecule has 1 rings (SSSR count). The minimum atomic E-state index is -2.81. The van der Waals surface area contributed by atoms with Crippen LogP contribution < -0.4 is 16.0 Å². The Morgan fingerprint density at radius 1 is 1.26 bits per heavy atom. The lowest BCUT2D eigenvalue weighted by molar-refractivity contribution is -0.0499. The summed E-state index contributed by atoms with van der Waals surface area (Å²) in [5, 5.41) is 0. The van der Waals surface area contributed by atoms with Crippen LogP contribution in [0.1, 0.15) is 44.7 Å². The molecule has 0 spiro atoms. The second-order valence-electron chi connectivity index (χ2n) is 4.99. The SMILES string of the molecule is CC(C)CCCC(NN)c1cccc(OC(F)F)c1. The van der Waals surface area contributed by atoms with Crippen molar-refractivity contribution in [3.8, 4) is 5.75 Å². The number of nitrogens with one attached hydrogen (secondary N) is 1. The molecule has 0 saturated heterocycles. The van der Waals surface area contributed by atoms with Gasteiger partial charge in [0.2, 0.25) is 0 Å². The van der Waals surface area contributed by atoms with Crippen molar-refractivity contribution in [2.45, 2.75) is 45.8 Å². The van der Waals surface area contributed by atoms with Gasteiger partial charge in [-0.25, -0.2) is 0 Å². The van der Waals surface area contributed by atoms with Gasteiger partial charge in [0.15, 0.2) is 0 Å². The first-order chi connectivity index (χ1) is 9.02. The zero-order valence-corrected chi connectivity index (χ0v) is 11.4. The predicted octanol–water partition coefficient (Wildman–Crippen LogP) is 3.62. The van der Waals surface area contributed by atoms with Crippen LogP contribution in [0, 0.1) is 5.92 Å². The van der Waals surface area contributed by atoms with Gasteiger partial charge in [-0.15, -0.1) is 0 Å². The third kappa shape index (κ3) is 5.98. The molecule has 1 aromatic carbocycles. The quantitative estimate of drug-likeness (QED) is 0.561. The number of hydrogen-bond donors (Lipinski definition) is 2. The van der Waals surface area contributed by atoms with E-state index >= 15 is 0 Å². The van der Waals surface area contributed by atoms with E-state index in [1.165, 1.54) is 6.07 Å². The Morgan fingerprint density at radius 2 is 2.00 bits per heavy atom. The zero-order valence-electron chi connectivity index (χ0n) is 11.4. The van der Waals surface area contributed by atoms with Crippen molar-refractivity contribution < 1.29 is 13.5 Å². The summed E-state index contributed by atoms with van der Waals surface area (Å²) < 4.78 is 28.7. The van der Waals surface area contributed by atoms with Crippen molar-refractivity contribution in [1.29, 1.82) is 0 Å². The molecule has 19 heavy (non-hydrogen) atoms. The van der Waals surface area contributed by atoms with E-state index < -0.39 is 6.61 Å². The smallest absolute Gasteiger partial charge is 0.387 e. The van der Waals surface area contributed by atoms with Gasteiger partial charge in [-0.2, -0.15) is 8.78 Å². The Labute approximate surface area is 113 Å². The molecule has 3 nitrogen and oxygen atoms in total. The fraction of sp³-hybridized carbons (Fsp3) is 0.571. The Morgan fingerprint density at radius 3 is 2.58 bits per heavy atom. The first kappa shape index (κ1) is 15.9.